The fraction of sp³-hybridized carbons (Fsp3) is 0.375. The molecule has 3 rings (SSSR count). The summed E-state index contributed by atoms with van der Waals surface area (Å²) in [6.45, 7) is 1.15. The molecule has 1 atom stereocenters. The number of halogens is 2. The summed E-state index contributed by atoms with van der Waals surface area (Å²) in [7, 11) is 0. The molecule has 0 spiro atoms. The predicted molar refractivity (Wildman–Crippen MR) is 80.6 cm³/mol. The van der Waals surface area contributed by atoms with Crippen molar-refractivity contribution >= 4 is 5.91 Å². The van der Waals surface area contributed by atoms with Crippen LogP contribution in [0.4, 0.5) is 8.78 Å². The Morgan fingerprint density at radius 2 is 2.29 bits per heavy atom. The van der Waals surface area contributed by atoms with Crippen LogP contribution in [0.25, 0.3) is 0 Å². The number of nitrogens with one attached hydrogen (secondary N) is 2. The summed E-state index contributed by atoms with van der Waals surface area (Å²) in [6.07, 6.45) is 1.99. The molecule has 2 heterocycles. The lowest BCUT2D eigenvalue weighted by atomic mass is 10.2. The summed E-state index contributed by atoms with van der Waals surface area (Å²) in [4.78, 5) is 12.0. The third-order valence-electron chi connectivity index (χ3n) is 3.65. The van der Waals surface area contributed by atoms with Crippen molar-refractivity contribution in [2.24, 2.45) is 0 Å². The summed E-state index contributed by atoms with van der Waals surface area (Å²) in [6, 6.07) is 4.57. The standard InChI is InChI=1S/C16H17F2N3O3/c17-10-3-4-15(13(18)6-10)24-9-11-7-14(21-20-11)16(22)19-8-12-2-1-5-23-12/h3-4,6-7,12H,1-2,5,8-9H2,(H,19,22)(H,20,21). The van der Waals surface area contributed by atoms with E-state index in [1.54, 1.807) is 0 Å². The van der Waals surface area contributed by atoms with Gasteiger partial charge in [0.2, 0.25) is 0 Å². The molecule has 1 unspecified atom stereocenters. The van der Waals surface area contributed by atoms with E-state index in [0.717, 1.165) is 31.6 Å². The molecular formula is C16H17F2N3O3. The van der Waals surface area contributed by atoms with Crippen molar-refractivity contribution in [3.8, 4) is 5.75 Å². The smallest absolute Gasteiger partial charge is 0.271 e. The van der Waals surface area contributed by atoms with Gasteiger partial charge >= 0.3 is 0 Å². The highest BCUT2D eigenvalue weighted by atomic mass is 19.1. The SMILES string of the molecule is O=C(NCC1CCCO1)c1cc(COc2ccc(F)cc2F)[nH]n1. The number of benzene rings is 1. The largest absolute Gasteiger partial charge is 0.484 e. The van der Waals surface area contributed by atoms with Crippen LogP contribution in [0.1, 0.15) is 29.0 Å². The zero-order valence-corrected chi connectivity index (χ0v) is 12.9. The van der Waals surface area contributed by atoms with Crippen LogP contribution >= 0.6 is 0 Å². The molecule has 1 amide bonds. The van der Waals surface area contributed by atoms with Gasteiger partial charge in [0.1, 0.15) is 18.1 Å². The summed E-state index contributed by atoms with van der Waals surface area (Å²) >= 11 is 0. The number of aromatic nitrogens is 2. The molecule has 1 aliphatic heterocycles. The van der Waals surface area contributed by atoms with E-state index in [2.05, 4.69) is 15.5 Å². The second-order valence-corrected chi connectivity index (χ2v) is 5.49. The van der Waals surface area contributed by atoms with Crippen LogP contribution in [0, 0.1) is 11.6 Å². The maximum atomic E-state index is 13.5. The summed E-state index contributed by atoms with van der Waals surface area (Å²) < 4.78 is 37.0. The van der Waals surface area contributed by atoms with Gasteiger partial charge in [0.05, 0.1) is 11.8 Å². The van der Waals surface area contributed by atoms with Crippen molar-refractivity contribution in [3.05, 3.63) is 47.3 Å². The van der Waals surface area contributed by atoms with Crippen molar-refractivity contribution in [2.45, 2.75) is 25.6 Å². The van der Waals surface area contributed by atoms with Crippen LogP contribution in [-0.2, 0) is 11.3 Å². The Morgan fingerprint density at radius 1 is 1.42 bits per heavy atom. The van der Waals surface area contributed by atoms with Gasteiger partial charge in [-0.2, -0.15) is 5.10 Å². The first kappa shape index (κ1) is 16.4. The Balaban J connectivity index is 1.51. The predicted octanol–water partition coefficient (Wildman–Crippen LogP) is 2.18. The lowest BCUT2D eigenvalue weighted by Crippen LogP contribution is -2.31. The Labute approximate surface area is 137 Å². The fourth-order valence-electron chi connectivity index (χ4n) is 2.40. The highest BCUT2D eigenvalue weighted by Gasteiger charge is 2.18. The zero-order chi connectivity index (χ0) is 16.9. The second kappa shape index (κ2) is 7.39. The molecule has 0 aliphatic carbocycles. The van der Waals surface area contributed by atoms with E-state index < -0.39 is 11.6 Å². The number of nitrogens with zero attached hydrogens (tertiary/aromatic N) is 1. The number of rotatable bonds is 6. The van der Waals surface area contributed by atoms with E-state index in [0.29, 0.717) is 12.2 Å². The summed E-state index contributed by atoms with van der Waals surface area (Å²) in [5.74, 6) is -1.85. The fourth-order valence-corrected chi connectivity index (χ4v) is 2.40. The van der Waals surface area contributed by atoms with E-state index in [1.165, 1.54) is 12.1 Å². The van der Waals surface area contributed by atoms with E-state index in [-0.39, 0.29) is 30.1 Å². The van der Waals surface area contributed by atoms with Gasteiger partial charge in [-0.3, -0.25) is 9.89 Å². The van der Waals surface area contributed by atoms with Gasteiger partial charge in [0.25, 0.3) is 5.91 Å². The maximum Gasteiger partial charge on any atom is 0.271 e. The quantitative estimate of drug-likeness (QED) is 0.847. The molecule has 1 aliphatic rings. The molecule has 2 N–H and O–H groups in total. The van der Waals surface area contributed by atoms with Gasteiger partial charge in [-0.15, -0.1) is 0 Å². The molecule has 128 valence electrons. The first-order chi connectivity index (χ1) is 11.6. The van der Waals surface area contributed by atoms with Crippen molar-refractivity contribution in [2.75, 3.05) is 13.2 Å². The monoisotopic (exact) mass is 337 g/mol. The molecule has 1 aromatic heterocycles. The topological polar surface area (TPSA) is 76.2 Å². The molecular weight excluding hydrogens is 320 g/mol. The second-order valence-electron chi connectivity index (χ2n) is 5.49. The van der Waals surface area contributed by atoms with Crippen LogP contribution in [-0.4, -0.2) is 35.4 Å². The molecule has 1 aromatic carbocycles. The zero-order valence-electron chi connectivity index (χ0n) is 12.9. The van der Waals surface area contributed by atoms with Crippen LogP contribution in [0.2, 0.25) is 0 Å². The average Bonchev–Trinajstić information content (AvgIpc) is 3.23. The number of hydrogen-bond donors (Lipinski definition) is 2. The lowest BCUT2D eigenvalue weighted by molar-refractivity contribution is 0.0853. The molecule has 8 heteroatoms. The van der Waals surface area contributed by atoms with Crippen molar-refractivity contribution in [3.63, 3.8) is 0 Å². The van der Waals surface area contributed by atoms with Crippen molar-refractivity contribution < 1.29 is 23.0 Å². The van der Waals surface area contributed by atoms with Crippen LogP contribution < -0.4 is 10.1 Å². The van der Waals surface area contributed by atoms with Gasteiger partial charge in [0.15, 0.2) is 11.6 Å². The maximum absolute atomic E-state index is 13.5. The highest BCUT2D eigenvalue weighted by Crippen LogP contribution is 2.18. The molecule has 24 heavy (non-hydrogen) atoms. The van der Waals surface area contributed by atoms with Gasteiger partial charge in [0, 0.05) is 19.2 Å². The van der Waals surface area contributed by atoms with Gasteiger partial charge in [-0.05, 0) is 31.0 Å². The number of ether oxygens (including phenoxy) is 2. The van der Waals surface area contributed by atoms with Crippen LogP contribution in [0.15, 0.2) is 24.3 Å². The van der Waals surface area contributed by atoms with E-state index in [1.807, 2.05) is 0 Å². The first-order valence-corrected chi connectivity index (χ1v) is 7.64. The number of amides is 1. The minimum atomic E-state index is -0.788. The van der Waals surface area contributed by atoms with Crippen molar-refractivity contribution in [1.82, 2.24) is 15.5 Å². The van der Waals surface area contributed by atoms with E-state index in [9.17, 15) is 13.6 Å². The number of carbonyl (C=O) groups is 1. The molecule has 2 aromatic rings. The lowest BCUT2D eigenvalue weighted by Gasteiger charge is -2.09. The summed E-state index contributed by atoms with van der Waals surface area (Å²) in [5.41, 5.74) is 0.715. The van der Waals surface area contributed by atoms with E-state index in [4.69, 9.17) is 9.47 Å². The normalized spacial score (nSPS) is 17.0. The molecule has 6 nitrogen and oxygen atoms in total. The number of hydrogen-bond acceptors (Lipinski definition) is 4. The molecule has 1 fully saturated rings. The van der Waals surface area contributed by atoms with Crippen molar-refractivity contribution in [1.29, 1.82) is 0 Å². The Hall–Kier alpha value is -2.48. The third-order valence-corrected chi connectivity index (χ3v) is 3.65. The molecule has 0 radical (unpaired) electrons. The highest BCUT2D eigenvalue weighted by molar-refractivity contribution is 5.92. The first-order valence-electron chi connectivity index (χ1n) is 7.64. The minimum absolute atomic E-state index is 0.0193. The van der Waals surface area contributed by atoms with Gasteiger partial charge in [-0.25, -0.2) is 8.78 Å². The molecule has 0 bridgehead atoms. The molecule has 0 saturated carbocycles. The van der Waals surface area contributed by atoms with E-state index >= 15 is 0 Å². The van der Waals surface area contributed by atoms with Crippen LogP contribution in [0.3, 0.4) is 0 Å². The Morgan fingerprint density at radius 3 is 3.04 bits per heavy atom. The minimum Gasteiger partial charge on any atom is -0.484 e. The number of H-pyrrole nitrogens is 1. The third kappa shape index (κ3) is 4.08. The van der Waals surface area contributed by atoms with Crippen LogP contribution in [0.5, 0.6) is 5.75 Å². The summed E-state index contributed by atoms with van der Waals surface area (Å²) in [5, 5.41) is 9.31. The van der Waals surface area contributed by atoms with Gasteiger partial charge < -0.3 is 14.8 Å². The average molecular weight is 337 g/mol. The number of carbonyl (C=O) groups excluding carboxylic acids is 1. The molecule has 1 saturated heterocycles. The Kier molecular flexibility index (Phi) is 5.05. The Bertz CT molecular complexity index is 714. The van der Waals surface area contributed by atoms with Gasteiger partial charge in [-0.1, -0.05) is 0 Å². The number of aromatic amines is 1.